The second kappa shape index (κ2) is 17.4. The molecule has 0 aromatic heterocycles. The van der Waals surface area contributed by atoms with Crippen molar-refractivity contribution in [2.45, 2.75) is 140 Å². The van der Waals surface area contributed by atoms with Crippen LogP contribution in [-0.4, -0.2) is 115 Å². The molecule has 0 amide bonds. The third kappa shape index (κ3) is 10.5. The van der Waals surface area contributed by atoms with Gasteiger partial charge in [0.15, 0.2) is 6.10 Å². The first kappa shape index (κ1) is 39.6. The number of carbonyl (C=O) groups excluding carboxylic acids is 4. The van der Waals surface area contributed by atoms with E-state index in [0.29, 0.717) is 19.3 Å². The van der Waals surface area contributed by atoms with Crippen LogP contribution < -0.4 is 0 Å². The van der Waals surface area contributed by atoms with Crippen molar-refractivity contribution in [1.29, 1.82) is 0 Å². The summed E-state index contributed by atoms with van der Waals surface area (Å²) in [5.74, 6) is -5.01. The molecule has 14 nitrogen and oxygen atoms in total. The van der Waals surface area contributed by atoms with Gasteiger partial charge in [0.1, 0.15) is 6.10 Å². The number of aliphatic hydroxyl groups excluding tert-OH is 2. The van der Waals surface area contributed by atoms with Crippen molar-refractivity contribution in [3.63, 3.8) is 0 Å². The molecule has 280 valence electrons. The summed E-state index contributed by atoms with van der Waals surface area (Å²) in [6.45, 7) is 3.91. The molecule has 0 aromatic rings. The van der Waals surface area contributed by atoms with Crippen molar-refractivity contribution >= 4 is 23.9 Å². The molecule has 0 saturated carbocycles. The number of carbonyl (C=O) groups is 4. The number of rotatable bonds is 4. The van der Waals surface area contributed by atoms with Gasteiger partial charge >= 0.3 is 23.9 Å². The Morgan fingerprint density at radius 1 is 0.920 bits per heavy atom. The zero-order chi connectivity index (χ0) is 36.6. The molecule has 4 rings (SSSR count). The topological polar surface area (TPSA) is 194 Å². The molecule has 50 heavy (non-hydrogen) atoms. The number of aliphatic hydroxyl groups is 3. The second-order valence-corrected chi connectivity index (χ2v) is 14.2. The Morgan fingerprint density at radius 3 is 2.26 bits per heavy atom. The van der Waals surface area contributed by atoms with Gasteiger partial charge in [-0.1, -0.05) is 31.6 Å². The van der Waals surface area contributed by atoms with Gasteiger partial charge < -0.3 is 48.5 Å². The van der Waals surface area contributed by atoms with Gasteiger partial charge in [-0.2, -0.15) is 0 Å². The van der Waals surface area contributed by atoms with Crippen LogP contribution >= 0.6 is 0 Å². The minimum atomic E-state index is -2.29. The highest BCUT2D eigenvalue weighted by atomic mass is 16.7. The lowest BCUT2D eigenvalue weighted by Crippen LogP contribution is -2.62. The normalized spacial score (nSPS) is 37.6. The highest BCUT2D eigenvalue weighted by molar-refractivity contribution is 5.83. The van der Waals surface area contributed by atoms with E-state index in [0.717, 1.165) is 30.9 Å². The van der Waals surface area contributed by atoms with Crippen LogP contribution in [0.25, 0.3) is 0 Å². The van der Waals surface area contributed by atoms with Crippen molar-refractivity contribution in [1.82, 2.24) is 0 Å². The molecule has 0 aromatic carbocycles. The van der Waals surface area contributed by atoms with Crippen molar-refractivity contribution < 1.29 is 67.7 Å². The van der Waals surface area contributed by atoms with E-state index in [9.17, 15) is 34.5 Å². The lowest BCUT2D eigenvalue weighted by molar-refractivity contribution is -0.327. The van der Waals surface area contributed by atoms with E-state index >= 15 is 0 Å². The molecule has 3 fully saturated rings. The van der Waals surface area contributed by atoms with Crippen LogP contribution in [0.3, 0.4) is 0 Å². The Bertz CT molecular complexity index is 1320. The fraction of sp³-hybridized carbons (Fsp3) is 0.722. The lowest BCUT2D eigenvalue weighted by atomic mass is 9.74. The summed E-state index contributed by atoms with van der Waals surface area (Å²) in [7, 11) is 2.49. The Labute approximate surface area is 292 Å². The van der Waals surface area contributed by atoms with E-state index in [1.165, 1.54) is 27.2 Å². The van der Waals surface area contributed by atoms with Gasteiger partial charge in [0.2, 0.25) is 5.79 Å². The van der Waals surface area contributed by atoms with Crippen molar-refractivity contribution in [3.8, 4) is 0 Å². The maximum absolute atomic E-state index is 12.9. The largest absolute Gasteiger partial charge is 0.466 e. The van der Waals surface area contributed by atoms with E-state index in [-0.39, 0.29) is 49.6 Å². The fourth-order valence-electron chi connectivity index (χ4n) is 7.19. The van der Waals surface area contributed by atoms with Crippen molar-refractivity contribution in [2.24, 2.45) is 5.41 Å². The van der Waals surface area contributed by atoms with Gasteiger partial charge in [-0.25, -0.2) is 9.59 Å². The minimum Gasteiger partial charge on any atom is -0.466 e. The average Bonchev–Trinajstić information content (AvgIpc) is 3.04. The average molecular weight is 709 g/mol. The number of cyclic esters (lactones) is 1. The third-order valence-corrected chi connectivity index (χ3v) is 9.71. The van der Waals surface area contributed by atoms with Crippen LogP contribution in [0.2, 0.25) is 0 Å². The number of ether oxygens (including phenoxy) is 7. The maximum Gasteiger partial charge on any atom is 0.330 e. The highest BCUT2D eigenvalue weighted by Gasteiger charge is 2.57. The summed E-state index contributed by atoms with van der Waals surface area (Å²) in [6.07, 6.45) is 3.64. The highest BCUT2D eigenvalue weighted by Crippen LogP contribution is 2.47. The molecule has 9 atom stereocenters. The molecule has 0 radical (unpaired) electrons. The summed E-state index contributed by atoms with van der Waals surface area (Å²) in [5.41, 5.74) is -0.330. The Kier molecular flexibility index (Phi) is 13.8. The van der Waals surface area contributed by atoms with Crippen LogP contribution in [0, 0.1) is 5.41 Å². The molecule has 14 heteroatoms. The van der Waals surface area contributed by atoms with Gasteiger partial charge in [-0.05, 0) is 44.1 Å². The lowest BCUT2D eigenvalue weighted by Gasteiger charge is -2.51. The zero-order valence-corrected chi connectivity index (χ0v) is 29.5. The number of methoxy groups -OCH3 is 2. The smallest absolute Gasteiger partial charge is 0.330 e. The SMILES string of the molecule is COC(=O)/C=C1/C[C@H]2C[C@H]3CCC[C@@H](C[C@@H](O)CC(=O)O[C@@H](CO)C[C@@H]4C/C(=C\C(=O)OC)[C@H](OC(C)=O)[C@@](O)(O4)C(C)(C)/C=C/[C@@H](C1)O2)O3. The van der Waals surface area contributed by atoms with Gasteiger partial charge in [-0.3, -0.25) is 9.59 Å². The van der Waals surface area contributed by atoms with E-state index in [1.54, 1.807) is 26.0 Å². The Hall–Kier alpha value is -3.14. The molecular formula is C36H52O14. The number of hydrogen-bond donors (Lipinski definition) is 3. The fourth-order valence-corrected chi connectivity index (χ4v) is 7.19. The summed E-state index contributed by atoms with van der Waals surface area (Å²) in [6, 6.07) is 0. The molecule has 4 aliphatic heterocycles. The van der Waals surface area contributed by atoms with Crippen molar-refractivity contribution in [3.05, 3.63) is 35.5 Å². The number of esters is 4. The van der Waals surface area contributed by atoms with E-state index in [1.807, 2.05) is 0 Å². The zero-order valence-electron chi connectivity index (χ0n) is 29.5. The maximum atomic E-state index is 12.9. The first-order valence-corrected chi connectivity index (χ1v) is 17.3. The molecule has 0 spiro atoms. The minimum absolute atomic E-state index is 0.0406. The van der Waals surface area contributed by atoms with Gasteiger partial charge in [0.05, 0.1) is 63.9 Å². The number of fused-ring (bicyclic) bond motifs is 6. The molecule has 4 heterocycles. The van der Waals surface area contributed by atoms with Crippen LogP contribution in [0.1, 0.15) is 85.0 Å². The first-order valence-electron chi connectivity index (χ1n) is 17.3. The van der Waals surface area contributed by atoms with Gasteiger partial charge in [0, 0.05) is 43.8 Å². The number of hydrogen-bond acceptors (Lipinski definition) is 14. The van der Waals surface area contributed by atoms with Gasteiger partial charge in [0.25, 0.3) is 0 Å². The molecule has 3 N–H and O–H groups in total. The Balaban J connectivity index is 1.77. The molecular weight excluding hydrogens is 656 g/mol. The van der Waals surface area contributed by atoms with Gasteiger partial charge in [-0.15, -0.1) is 0 Å². The van der Waals surface area contributed by atoms with Crippen LogP contribution in [0.5, 0.6) is 0 Å². The predicted octanol–water partition coefficient (Wildman–Crippen LogP) is 2.50. The first-order chi connectivity index (χ1) is 23.6. The monoisotopic (exact) mass is 708 g/mol. The quantitative estimate of drug-likeness (QED) is 0.167. The molecule has 6 bridgehead atoms. The second-order valence-electron chi connectivity index (χ2n) is 14.2. The van der Waals surface area contributed by atoms with Crippen molar-refractivity contribution in [2.75, 3.05) is 20.8 Å². The molecule has 0 unspecified atom stereocenters. The summed E-state index contributed by atoms with van der Waals surface area (Å²) < 4.78 is 40.0. The van der Waals surface area contributed by atoms with Crippen LogP contribution in [0.4, 0.5) is 0 Å². The van der Waals surface area contributed by atoms with E-state index < -0.39 is 72.2 Å². The summed E-state index contributed by atoms with van der Waals surface area (Å²) in [5, 5.41) is 33.4. The van der Waals surface area contributed by atoms with E-state index in [4.69, 9.17) is 33.2 Å². The third-order valence-electron chi connectivity index (χ3n) is 9.71. The van der Waals surface area contributed by atoms with Crippen LogP contribution in [-0.2, 0) is 52.3 Å². The Morgan fingerprint density at radius 2 is 1.60 bits per heavy atom. The standard InChI is InChI=1S/C36H52O14/c1-21(38)46-34-23(15-32(41)45-5)14-29-19-30(20-37)49-33(42)17-24(39)16-25-7-6-8-26(47-25)18-28-12-22(13-31(40)44-4)11-27(48-28)9-10-35(2,3)36(34,43)50-29/h9-10,13,15,24-30,34,37,39,43H,6-8,11-12,14,16-20H2,1-5H3/b10-9+,22-13+,23-15+/t24-,25+,26-,27+,28+,29+,30-,34+,36-/m1/s1. The van der Waals surface area contributed by atoms with E-state index in [2.05, 4.69) is 0 Å². The van der Waals surface area contributed by atoms with Crippen LogP contribution in [0.15, 0.2) is 35.5 Å². The molecule has 0 aliphatic carbocycles. The molecule has 4 aliphatic rings. The summed E-state index contributed by atoms with van der Waals surface area (Å²) >= 11 is 0. The molecule has 3 saturated heterocycles. The summed E-state index contributed by atoms with van der Waals surface area (Å²) in [4.78, 5) is 50.0. The predicted molar refractivity (Wildman–Crippen MR) is 175 cm³/mol.